The molecule has 2 fully saturated rings. The SMILES string of the molecule is O=C(CCNC1CCCCCC1)N1CCN(c2ccccc2F)CC1. The van der Waals surface area contributed by atoms with Crippen molar-refractivity contribution in [2.45, 2.75) is 51.0 Å². The van der Waals surface area contributed by atoms with Crippen LogP contribution < -0.4 is 10.2 Å². The Labute approximate surface area is 150 Å². The van der Waals surface area contributed by atoms with E-state index < -0.39 is 0 Å². The summed E-state index contributed by atoms with van der Waals surface area (Å²) in [5, 5.41) is 3.57. The zero-order valence-corrected chi connectivity index (χ0v) is 15.1. The molecule has 1 aromatic rings. The number of benzene rings is 1. The van der Waals surface area contributed by atoms with Crippen LogP contribution in [-0.2, 0) is 4.79 Å². The first-order valence-electron chi connectivity index (χ1n) is 9.74. The summed E-state index contributed by atoms with van der Waals surface area (Å²) in [6, 6.07) is 7.46. The second kappa shape index (κ2) is 9.18. The van der Waals surface area contributed by atoms with Crippen molar-refractivity contribution in [3.63, 3.8) is 0 Å². The Morgan fingerprint density at radius 1 is 1.04 bits per heavy atom. The van der Waals surface area contributed by atoms with E-state index in [-0.39, 0.29) is 11.7 Å². The Morgan fingerprint density at radius 2 is 1.72 bits per heavy atom. The van der Waals surface area contributed by atoms with Crippen LogP contribution in [0.4, 0.5) is 10.1 Å². The van der Waals surface area contributed by atoms with Crippen LogP contribution in [0.15, 0.2) is 24.3 Å². The number of carbonyl (C=O) groups excluding carboxylic acids is 1. The molecule has 5 heteroatoms. The van der Waals surface area contributed by atoms with E-state index in [1.54, 1.807) is 6.07 Å². The van der Waals surface area contributed by atoms with Gasteiger partial charge in [0.25, 0.3) is 0 Å². The smallest absolute Gasteiger partial charge is 0.223 e. The van der Waals surface area contributed by atoms with E-state index in [1.807, 2.05) is 21.9 Å². The van der Waals surface area contributed by atoms with Crippen LogP contribution in [0, 0.1) is 5.82 Å². The predicted octanol–water partition coefficient (Wildman–Crippen LogP) is 3.18. The van der Waals surface area contributed by atoms with Crippen molar-refractivity contribution in [1.29, 1.82) is 0 Å². The highest BCUT2D eigenvalue weighted by molar-refractivity contribution is 5.76. The van der Waals surface area contributed by atoms with Gasteiger partial charge in [0.2, 0.25) is 5.91 Å². The van der Waals surface area contributed by atoms with E-state index in [4.69, 9.17) is 0 Å². The third-order valence-electron chi connectivity index (χ3n) is 5.45. The summed E-state index contributed by atoms with van der Waals surface area (Å²) in [7, 11) is 0. The number of rotatable bonds is 5. The average Bonchev–Trinajstić information content (AvgIpc) is 2.91. The summed E-state index contributed by atoms with van der Waals surface area (Å²) in [6.45, 7) is 3.52. The number of nitrogens with one attached hydrogen (secondary N) is 1. The number of hydrogen-bond acceptors (Lipinski definition) is 3. The van der Waals surface area contributed by atoms with Gasteiger partial charge in [0.1, 0.15) is 5.82 Å². The second-order valence-electron chi connectivity index (χ2n) is 7.21. The molecule has 0 atom stereocenters. The summed E-state index contributed by atoms with van der Waals surface area (Å²) >= 11 is 0. The lowest BCUT2D eigenvalue weighted by molar-refractivity contribution is -0.131. The van der Waals surface area contributed by atoms with Crippen LogP contribution in [0.3, 0.4) is 0 Å². The first-order valence-corrected chi connectivity index (χ1v) is 9.74. The molecule has 0 aromatic heterocycles. The molecule has 2 aliphatic rings. The van der Waals surface area contributed by atoms with Crippen LogP contribution >= 0.6 is 0 Å². The van der Waals surface area contributed by atoms with Crippen molar-refractivity contribution in [2.24, 2.45) is 0 Å². The van der Waals surface area contributed by atoms with Crippen LogP contribution in [0.1, 0.15) is 44.9 Å². The highest BCUT2D eigenvalue weighted by atomic mass is 19.1. The lowest BCUT2D eigenvalue weighted by Crippen LogP contribution is -2.49. The number of nitrogens with zero attached hydrogens (tertiary/aromatic N) is 2. The van der Waals surface area contributed by atoms with E-state index in [9.17, 15) is 9.18 Å². The molecule has 1 amide bonds. The summed E-state index contributed by atoms with van der Waals surface area (Å²) in [6.07, 6.45) is 8.38. The quantitative estimate of drug-likeness (QED) is 0.831. The number of hydrogen-bond donors (Lipinski definition) is 1. The molecule has 1 aromatic carbocycles. The van der Waals surface area contributed by atoms with E-state index >= 15 is 0 Å². The van der Waals surface area contributed by atoms with E-state index in [0.29, 0.717) is 44.3 Å². The van der Waals surface area contributed by atoms with Crippen molar-refractivity contribution >= 4 is 11.6 Å². The van der Waals surface area contributed by atoms with Gasteiger partial charge in [0, 0.05) is 45.2 Å². The Hall–Kier alpha value is -1.62. The largest absolute Gasteiger partial charge is 0.366 e. The minimum atomic E-state index is -0.185. The zero-order chi connectivity index (χ0) is 17.5. The maximum atomic E-state index is 13.9. The molecule has 0 unspecified atom stereocenters. The molecule has 1 saturated heterocycles. The Balaban J connectivity index is 1.39. The van der Waals surface area contributed by atoms with Crippen molar-refractivity contribution in [1.82, 2.24) is 10.2 Å². The van der Waals surface area contributed by atoms with Gasteiger partial charge >= 0.3 is 0 Å². The monoisotopic (exact) mass is 347 g/mol. The first-order chi connectivity index (χ1) is 12.2. The molecule has 3 rings (SSSR count). The van der Waals surface area contributed by atoms with Crippen molar-refractivity contribution in [2.75, 3.05) is 37.6 Å². The van der Waals surface area contributed by atoms with Gasteiger partial charge in [-0.2, -0.15) is 0 Å². The lowest BCUT2D eigenvalue weighted by atomic mass is 10.1. The molecule has 1 heterocycles. The molecule has 0 spiro atoms. The fourth-order valence-corrected chi connectivity index (χ4v) is 3.93. The number of amides is 1. The molecule has 25 heavy (non-hydrogen) atoms. The molecule has 1 aliphatic heterocycles. The lowest BCUT2D eigenvalue weighted by Gasteiger charge is -2.36. The van der Waals surface area contributed by atoms with Gasteiger partial charge in [-0.3, -0.25) is 4.79 Å². The third kappa shape index (κ3) is 5.18. The number of para-hydroxylation sites is 1. The van der Waals surface area contributed by atoms with E-state index in [1.165, 1.54) is 44.6 Å². The molecule has 0 bridgehead atoms. The number of carbonyl (C=O) groups is 1. The molecule has 138 valence electrons. The van der Waals surface area contributed by atoms with Gasteiger partial charge < -0.3 is 15.1 Å². The van der Waals surface area contributed by atoms with Gasteiger partial charge in [-0.15, -0.1) is 0 Å². The van der Waals surface area contributed by atoms with Gasteiger partial charge in [-0.1, -0.05) is 37.8 Å². The third-order valence-corrected chi connectivity index (χ3v) is 5.45. The fourth-order valence-electron chi connectivity index (χ4n) is 3.93. The first kappa shape index (κ1) is 18.2. The van der Waals surface area contributed by atoms with Gasteiger partial charge in [-0.05, 0) is 25.0 Å². The average molecular weight is 347 g/mol. The summed E-state index contributed by atoms with van der Waals surface area (Å²) in [5.74, 6) is 0.0317. The van der Waals surface area contributed by atoms with Crippen molar-refractivity contribution in [3.8, 4) is 0 Å². The maximum Gasteiger partial charge on any atom is 0.223 e. The van der Waals surface area contributed by atoms with E-state index in [0.717, 1.165) is 6.54 Å². The molecule has 1 N–H and O–H groups in total. The van der Waals surface area contributed by atoms with Crippen LogP contribution in [0.25, 0.3) is 0 Å². The number of halogens is 1. The minimum absolute atomic E-state index is 0.185. The normalized spacial score (nSPS) is 19.7. The van der Waals surface area contributed by atoms with Crippen LogP contribution in [0.5, 0.6) is 0 Å². The van der Waals surface area contributed by atoms with Crippen molar-refractivity contribution in [3.05, 3.63) is 30.1 Å². The topological polar surface area (TPSA) is 35.6 Å². The molecule has 0 radical (unpaired) electrons. The molecule has 1 aliphatic carbocycles. The number of anilines is 1. The van der Waals surface area contributed by atoms with Gasteiger partial charge in [-0.25, -0.2) is 4.39 Å². The standard InChI is InChI=1S/C20H30FN3O/c21-18-9-5-6-10-19(18)23-13-15-24(16-14-23)20(25)11-12-22-17-7-3-1-2-4-8-17/h5-6,9-10,17,22H,1-4,7-8,11-16H2. The number of piperazine rings is 1. The molecular formula is C20H30FN3O. The summed E-state index contributed by atoms with van der Waals surface area (Å²) < 4.78 is 13.9. The second-order valence-corrected chi connectivity index (χ2v) is 7.21. The van der Waals surface area contributed by atoms with E-state index in [2.05, 4.69) is 5.32 Å². The maximum absolute atomic E-state index is 13.9. The predicted molar refractivity (Wildman–Crippen MR) is 99.3 cm³/mol. The van der Waals surface area contributed by atoms with Gasteiger partial charge in [0.05, 0.1) is 5.69 Å². The highest BCUT2D eigenvalue weighted by Crippen LogP contribution is 2.20. The Morgan fingerprint density at radius 3 is 2.40 bits per heavy atom. The molecule has 4 nitrogen and oxygen atoms in total. The molecular weight excluding hydrogens is 317 g/mol. The minimum Gasteiger partial charge on any atom is -0.366 e. The van der Waals surface area contributed by atoms with Crippen LogP contribution in [-0.4, -0.2) is 49.6 Å². The van der Waals surface area contributed by atoms with Crippen LogP contribution in [0.2, 0.25) is 0 Å². The summed E-state index contributed by atoms with van der Waals surface area (Å²) in [4.78, 5) is 16.4. The Bertz CT molecular complexity index is 550. The molecule has 1 saturated carbocycles. The Kier molecular flexibility index (Phi) is 6.68. The summed E-state index contributed by atoms with van der Waals surface area (Å²) in [5.41, 5.74) is 0.643. The zero-order valence-electron chi connectivity index (χ0n) is 15.1. The highest BCUT2D eigenvalue weighted by Gasteiger charge is 2.22. The van der Waals surface area contributed by atoms with Gasteiger partial charge in [0.15, 0.2) is 0 Å². The fraction of sp³-hybridized carbons (Fsp3) is 0.650. The van der Waals surface area contributed by atoms with Crippen molar-refractivity contribution < 1.29 is 9.18 Å².